The first-order valence-corrected chi connectivity index (χ1v) is 6.80. The van der Waals surface area contributed by atoms with Crippen molar-refractivity contribution in [3.8, 4) is 5.75 Å². The lowest BCUT2D eigenvalue weighted by Crippen LogP contribution is -2.02. The van der Waals surface area contributed by atoms with Gasteiger partial charge in [0.1, 0.15) is 22.7 Å². The Hall–Kier alpha value is -2.88. The van der Waals surface area contributed by atoms with Gasteiger partial charge >= 0.3 is 0 Å². The van der Waals surface area contributed by atoms with Gasteiger partial charge in [-0.1, -0.05) is 12.1 Å². The van der Waals surface area contributed by atoms with Crippen LogP contribution in [0.15, 0.2) is 57.7 Å². The molecule has 0 saturated heterocycles. The maximum atomic E-state index is 13.4. The maximum Gasteiger partial charge on any atom is 0.200 e. The van der Waals surface area contributed by atoms with Crippen LogP contribution < -0.4 is 10.2 Å². The average molecular weight is 294 g/mol. The van der Waals surface area contributed by atoms with Crippen molar-refractivity contribution in [3.05, 3.63) is 64.6 Å². The normalized spacial score (nSPS) is 11.4. The zero-order valence-electron chi connectivity index (χ0n) is 11.7. The molecule has 0 aliphatic heterocycles. The van der Waals surface area contributed by atoms with Crippen molar-refractivity contribution in [3.63, 3.8) is 0 Å². The van der Waals surface area contributed by atoms with Crippen molar-refractivity contribution in [1.82, 2.24) is 0 Å². The molecule has 3 aromatic carbocycles. The van der Waals surface area contributed by atoms with Gasteiger partial charge in [0.05, 0.1) is 17.9 Å². The molecule has 0 atom stereocenters. The van der Waals surface area contributed by atoms with Gasteiger partial charge in [-0.3, -0.25) is 4.79 Å². The van der Waals surface area contributed by atoms with E-state index >= 15 is 0 Å². The van der Waals surface area contributed by atoms with E-state index in [4.69, 9.17) is 9.15 Å². The summed E-state index contributed by atoms with van der Waals surface area (Å²) in [6.45, 7) is 0. The van der Waals surface area contributed by atoms with Gasteiger partial charge in [0, 0.05) is 5.39 Å². The number of rotatable bonds is 1. The Morgan fingerprint density at radius 3 is 2.59 bits per heavy atom. The summed E-state index contributed by atoms with van der Waals surface area (Å²) < 4.78 is 24.5. The third kappa shape index (κ3) is 1.77. The molecule has 108 valence electrons. The van der Waals surface area contributed by atoms with Crippen molar-refractivity contribution < 1.29 is 13.5 Å². The van der Waals surface area contributed by atoms with Gasteiger partial charge in [-0.2, -0.15) is 0 Å². The molecule has 3 nitrogen and oxygen atoms in total. The maximum absolute atomic E-state index is 13.4. The van der Waals surface area contributed by atoms with Crippen molar-refractivity contribution >= 4 is 32.7 Å². The summed E-state index contributed by atoms with van der Waals surface area (Å²) in [5.41, 5.74) is 0.606. The van der Waals surface area contributed by atoms with Crippen LogP contribution in [0.3, 0.4) is 0 Å². The standard InChI is InChI=1S/C18H11FO3/c1-21-15-4-2-3-10-7-17-14(9-12(10)15)18(20)13-8-11(19)5-6-16(13)22-17/h2-9H,1H3. The minimum absolute atomic E-state index is 0.238. The van der Waals surface area contributed by atoms with Crippen LogP contribution in [0.5, 0.6) is 5.75 Å². The molecule has 0 saturated carbocycles. The molecule has 4 rings (SSSR count). The summed E-state index contributed by atoms with van der Waals surface area (Å²) >= 11 is 0. The Morgan fingerprint density at radius 1 is 0.955 bits per heavy atom. The lowest BCUT2D eigenvalue weighted by Gasteiger charge is -2.07. The zero-order chi connectivity index (χ0) is 15.3. The smallest absolute Gasteiger partial charge is 0.200 e. The van der Waals surface area contributed by atoms with E-state index in [9.17, 15) is 9.18 Å². The van der Waals surface area contributed by atoms with Crippen LogP contribution >= 0.6 is 0 Å². The molecule has 0 fully saturated rings. The summed E-state index contributed by atoms with van der Waals surface area (Å²) in [6, 6.07) is 13.1. The summed E-state index contributed by atoms with van der Waals surface area (Å²) in [5.74, 6) is 0.218. The Bertz CT molecular complexity index is 1100. The lowest BCUT2D eigenvalue weighted by atomic mass is 10.0. The molecule has 0 spiro atoms. The van der Waals surface area contributed by atoms with Crippen LogP contribution in [-0.2, 0) is 0 Å². The molecule has 4 heteroatoms. The van der Waals surface area contributed by atoms with Crippen molar-refractivity contribution in [2.45, 2.75) is 0 Å². The average Bonchev–Trinajstić information content (AvgIpc) is 2.54. The molecule has 0 bridgehead atoms. The highest BCUT2D eigenvalue weighted by atomic mass is 19.1. The van der Waals surface area contributed by atoms with Crippen molar-refractivity contribution in [1.29, 1.82) is 0 Å². The Labute approximate surface area is 124 Å². The molecule has 0 aliphatic rings. The van der Waals surface area contributed by atoms with Crippen molar-refractivity contribution in [2.24, 2.45) is 0 Å². The first kappa shape index (κ1) is 12.8. The fourth-order valence-electron chi connectivity index (χ4n) is 2.75. The zero-order valence-corrected chi connectivity index (χ0v) is 11.7. The van der Waals surface area contributed by atoms with E-state index in [1.165, 1.54) is 18.2 Å². The second-order valence-corrected chi connectivity index (χ2v) is 5.10. The second-order valence-electron chi connectivity index (χ2n) is 5.10. The van der Waals surface area contributed by atoms with Crippen molar-refractivity contribution in [2.75, 3.05) is 7.11 Å². The molecule has 1 heterocycles. The molecule has 0 unspecified atom stereocenters. The Morgan fingerprint density at radius 2 is 1.77 bits per heavy atom. The van der Waals surface area contributed by atoms with Crippen LogP contribution in [-0.4, -0.2) is 7.11 Å². The molecular weight excluding hydrogens is 283 g/mol. The Balaban J connectivity index is 2.22. The fourth-order valence-corrected chi connectivity index (χ4v) is 2.75. The van der Waals surface area contributed by atoms with Gasteiger partial charge in [-0.15, -0.1) is 0 Å². The molecule has 0 N–H and O–H groups in total. The van der Waals surface area contributed by atoms with E-state index in [0.717, 1.165) is 10.8 Å². The Kier molecular flexibility index (Phi) is 2.66. The largest absolute Gasteiger partial charge is 0.496 e. The number of halogens is 1. The van der Waals surface area contributed by atoms with Gasteiger partial charge in [-0.25, -0.2) is 4.39 Å². The molecule has 1 aromatic heterocycles. The van der Waals surface area contributed by atoms with Crippen LogP contribution in [0.2, 0.25) is 0 Å². The summed E-state index contributed by atoms with van der Waals surface area (Å²) in [5, 5.41) is 2.38. The van der Waals surface area contributed by atoms with Crippen LogP contribution in [0.25, 0.3) is 32.7 Å². The quantitative estimate of drug-likeness (QED) is 0.493. The third-order valence-corrected chi connectivity index (χ3v) is 3.81. The predicted molar refractivity (Wildman–Crippen MR) is 84.0 cm³/mol. The lowest BCUT2D eigenvalue weighted by molar-refractivity contribution is 0.420. The van der Waals surface area contributed by atoms with Gasteiger partial charge in [0.2, 0.25) is 5.43 Å². The number of hydrogen-bond donors (Lipinski definition) is 0. The summed E-state index contributed by atoms with van der Waals surface area (Å²) in [6.07, 6.45) is 0. The first-order chi connectivity index (χ1) is 10.7. The summed E-state index contributed by atoms with van der Waals surface area (Å²) in [4.78, 5) is 12.6. The topological polar surface area (TPSA) is 39.4 Å². The van der Waals surface area contributed by atoms with E-state index in [1.807, 2.05) is 18.2 Å². The fraction of sp³-hybridized carbons (Fsp3) is 0.0556. The van der Waals surface area contributed by atoms with E-state index in [1.54, 1.807) is 19.2 Å². The predicted octanol–water partition coefficient (Wildman–Crippen LogP) is 4.25. The molecule has 4 aromatic rings. The van der Waals surface area contributed by atoms with Gasteiger partial charge in [0.15, 0.2) is 0 Å². The molecule has 0 radical (unpaired) electrons. The number of methoxy groups -OCH3 is 1. The monoisotopic (exact) mass is 294 g/mol. The molecular formula is C18H11FO3. The van der Waals surface area contributed by atoms with Crippen LogP contribution in [0, 0.1) is 5.82 Å². The summed E-state index contributed by atoms with van der Waals surface area (Å²) in [7, 11) is 1.58. The second kappa shape index (κ2) is 4.56. The van der Waals surface area contributed by atoms with E-state index in [0.29, 0.717) is 22.3 Å². The van der Waals surface area contributed by atoms with E-state index in [-0.39, 0.29) is 10.8 Å². The number of benzene rings is 3. The van der Waals surface area contributed by atoms with Crippen LogP contribution in [0.4, 0.5) is 4.39 Å². The van der Waals surface area contributed by atoms with Crippen LogP contribution in [0.1, 0.15) is 0 Å². The SMILES string of the molecule is COc1cccc2cc3oc4ccc(F)cc4c(=O)c3cc12. The highest BCUT2D eigenvalue weighted by Gasteiger charge is 2.11. The van der Waals surface area contributed by atoms with Gasteiger partial charge in [-0.05, 0) is 41.8 Å². The third-order valence-electron chi connectivity index (χ3n) is 3.81. The molecule has 0 aliphatic carbocycles. The molecule has 22 heavy (non-hydrogen) atoms. The highest BCUT2D eigenvalue weighted by molar-refractivity contribution is 6.01. The number of fused-ring (bicyclic) bond motifs is 3. The first-order valence-electron chi connectivity index (χ1n) is 6.80. The minimum atomic E-state index is -0.461. The number of ether oxygens (including phenoxy) is 1. The van der Waals surface area contributed by atoms with Gasteiger partial charge < -0.3 is 9.15 Å². The highest BCUT2D eigenvalue weighted by Crippen LogP contribution is 2.30. The minimum Gasteiger partial charge on any atom is -0.496 e. The van der Waals surface area contributed by atoms with E-state index in [2.05, 4.69) is 0 Å². The number of hydrogen-bond acceptors (Lipinski definition) is 3. The van der Waals surface area contributed by atoms with Gasteiger partial charge in [0.25, 0.3) is 0 Å². The van der Waals surface area contributed by atoms with E-state index < -0.39 is 5.82 Å². The molecule has 0 amide bonds.